The molecule has 104 valence electrons. The fraction of sp³-hybridized carbons (Fsp3) is 0.600. The molecule has 1 aromatic carbocycles. The van der Waals surface area contributed by atoms with Gasteiger partial charge in [-0.15, -0.1) is 0 Å². The first-order valence-electron chi connectivity index (χ1n) is 7.03. The van der Waals surface area contributed by atoms with E-state index in [9.17, 15) is 5.11 Å². The summed E-state index contributed by atoms with van der Waals surface area (Å²) in [5, 5.41) is 10.5. The van der Waals surface area contributed by atoms with Gasteiger partial charge in [0.1, 0.15) is 0 Å². The van der Waals surface area contributed by atoms with Gasteiger partial charge in [0.2, 0.25) is 0 Å². The van der Waals surface area contributed by atoms with Crippen LogP contribution in [0.5, 0.6) is 11.5 Å². The first-order valence-corrected chi connectivity index (χ1v) is 7.82. The summed E-state index contributed by atoms with van der Waals surface area (Å²) in [5.41, 5.74) is 0.927. The highest BCUT2D eigenvalue weighted by atomic mass is 79.9. The summed E-state index contributed by atoms with van der Waals surface area (Å²) in [4.78, 5) is 0. The van der Waals surface area contributed by atoms with Crippen LogP contribution in [0.25, 0.3) is 0 Å². The number of rotatable bonds is 2. The molecular weight excluding hydrogens is 308 g/mol. The number of benzene rings is 1. The minimum atomic E-state index is -0.408. The second-order valence-electron chi connectivity index (χ2n) is 5.36. The summed E-state index contributed by atoms with van der Waals surface area (Å²) in [5.74, 6) is 1.90. The van der Waals surface area contributed by atoms with Crippen LogP contribution < -0.4 is 9.47 Å². The fourth-order valence-electron chi connectivity index (χ4n) is 2.95. The minimum absolute atomic E-state index is 0.376. The van der Waals surface area contributed by atoms with Crippen LogP contribution in [-0.4, -0.2) is 18.3 Å². The minimum Gasteiger partial charge on any atom is -0.490 e. The van der Waals surface area contributed by atoms with Crippen molar-refractivity contribution in [2.24, 2.45) is 5.92 Å². The van der Waals surface area contributed by atoms with E-state index < -0.39 is 6.10 Å². The average molecular weight is 327 g/mol. The van der Waals surface area contributed by atoms with Crippen molar-refractivity contribution >= 4 is 15.9 Å². The number of hydrogen-bond donors (Lipinski definition) is 1. The molecule has 0 spiro atoms. The summed E-state index contributed by atoms with van der Waals surface area (Å²) in [6, 6.07) is 3.86. The van der Waals surface area contributed by atoms with E-state index in [4.69, 9.17) is 9.47 Å². The predicted octanol–water partition coefficient (Wildman–Crippen LogP) is 3.83. The van der Waals surface area contributed by atoms with Gasteiger partial charge >= 0.3 is 0 Å². The van der Waals surface area contributed by atoms with Crippen molar-refractivity contribution in [2.45, 2.75) is 38.2 Å². The quantitative estimate of drug-likeness (QED) is 0.897. The molecule has 3 nitrogen and oxygen atoms in total. The monoisotopic (exact) mass is 326 g/mol. The third kappa shape index (κ3) is 2.75. The van der Waals surface area contributed by atoms with Gasteiger partial charge in [0.15, 0.2) is 11.5 Å². The van der Waals surface area contributed by atoms with E-state index in [1.54, 1.807) is 0 Å². The molecule has 1 aliphatic heterocycles. The van der Waals surface area contributed by atoms with Gasteiger partial charge in [0.05, 0.1) is 19.3 Å². The topological polar surface area (TPSA) is 38.7 Å². The number of aliphatic hydroxyl groups is 1. The molecule has 3 rings (SSSR count). The summed E-state index contributed by atoms with van der Waals surface area (Å²) in [6.45, 7) is 1.36. The van der Waals surface area contributed by atoms with E-state index in [1.807, 2.05) is 12.1 Å². The van der Waals surface area contributed by atoms with Gasteiger partial charge in [-0.05, 0) is 36.5 Å². The SMILES string of the molecule is OC(c1cc2c(cc1Br)OCCCO2)C1CCCC1. The van der Waals surface area contributed by atoms with Crippen molar-refractivity contribution in [3.63, 3.8) is 0 Å². The molecule has 0 bridgehead atoms. The molecule has 19 heavy (non-hydrogen) atoms. The lowest BCUT2D eigenvalue weighted by Crippen LogP contribution is -2.10. The van der Waals surface area contributed by atoms with Crippen molar-refractivity contribution in [2.75, 3.05) is 13.2 Å². The smallest absolute Gasteiger partial charge is 0.162 e. The third-order valence-corrected chi connectivity index (χ3v) is 4.72. The molecule has 1 heterocycles. The number of halogens is 1. The largest absolute Gasteiger partial charge is 0.490 e. The molecule has 1 N–H and O–H groups in total. The molecule has 0 amide bonds. The molecule has 1 atom stereocenters. The Morgan fingerprint density at radius 2 is 1.68 bits per heavy atom. The van der Waals surface area contributed by atoms with Crippen molar-refractivity contribution in [1.29, 1.82) is 0 Å². The first-order chi connectivity index (χ1) is 9.25. The van der Waals surface area contributed by atoms with Crippen LogP contribution in [0.1, 0.15) is 43.8 Å². The van der Waals surface area contributed by atoms with Crippen LogP contribution in [0.15, 0.2) is 16.6 Å². The molecule has 0 aromatic heterocycles. The van der Waals surface area contributed by atoms with Gasteiger partial charge in [0.25, 0.3) is 0 Å². The Labute approximate surface area is 122 Å². The standard InChI is InChI=1S/C15H19BrO3/c16-12-9-14-13(18-6-3-7-19-14)8-11(12)15(17)10-4-1-2-5-10/h8-10,15,17H,1-7H2. The van der Waals surface area contributed by atoms with E-state index in [0.29, 0.717) is 19.1 Å². The van der Waals surface area contributed by atoms with E-state index in [1.165, 1.54) is 12.8 Å². The Morgan fingerprint density at radius 3 is 2.37 bits per heavy atom. The lowest BCUT2D eigenvalue weighted by molar-refractivity contribution is 0.110. The number of ether oxygens (including phenoxy) is 2. The van der Waals surface area contributed by atoms with Crippen LogP contribution in [-0.2, 0) is 0 Å². The Hall–Kier alpha value is -0.740. The number of aliphatic hydroxyl groups excluding tert-OH is 1. The maximum atomic E-state index is 10.5. The van der Waals surface area contributed by atoms with Gasteiger partial charge in [-0.25, -0.2) is 0 Å². The van der Waals surface area contributed by atoms with Crippen LogP contribution in [0, 0.1) is 5.92 Å². The zero-order valence-corrected chi connectivity index (χ0v) is 12.5. The Balaban J connectivity index is 1.90. The second-order valence-corrected chi connectivity index (χ2v) is 6.21. The van der Waals surface area contributed by atoms with Crippen LogP contribution in [0.3, 0.4) is 0 Å². The highest BCUT2D eigenvalue weighted by Crippen LogP contribution is 2.42. The van der Waals surface area contributed by atoms with Gasteiger partial charge < -0.3 is 14.6 Å². The maximum Gasteiger partial charge on any atom is 0.162 e. The summed E-state index contributed by atoms with van der Waals surface area (Å²) >= 11 is 3.55. The van der Waals surface area contributed by atoms with Gasteiger partial charge in [-0.3, -0.25) is 0 Å². The first kappa shape index (κ1) is 13.3. The van der Waals surface area contributed by atoms with E-state index in [0.717, 1.165) is 40.8 Å². The molecule has 1 aromatic rings. The Morgan fingerprint density at radius 1 is 1.05 bits per heavy atom. The number of fused-ring (bicyclic) bond motifs is 1. The molecule has 1 saturated carbocycles. The van der Waals surface area contributed by atoms with Crippen LogP contribution in [0.2, 0.25) is 0 Å². The van der Waals surface area contributed by atoms with E-state index >= 15 is 0 Å². The van der Waals surface area contributed by atoms with Crippen LogP contribution in [0.4, 0.5) is 0 Å². The summed E-state index contributed by atoms with van der Waals surface area (Å²) in [6.07, 6.45) is 5.17. The molecule has 4 heteroatoms. The highest BCUT2D eigenvalue weighted by molar-refractivity contribution is 9.10. The maximum absolute atomic E-state index is 10.5. The molecule has 2 aliphatic rings. The predicted molar refractivity (Wildman–Crippen MR) is 76.7 cm³/mol. The normalized spacial score (nSPS) is 21.2. The van der Waals surface area contributed by atoms with Crippen molar-refractivity contribution in [3.05, 3.63) is 22.2 Å². The van der Waals surface area contributed by atoms with Crippen molar-refractivity contribution in [1.82, 2.24) is 0 Å². The van der Waals surface area contributed by atoms with Gasteiger partial charge in [-0.1, -0.05) is 28.8 Å². The zero-order valence-electron chi connectivity index (χ0n) is 10.9. The average Bonchev–Trinajstić information content (AvgIpc) is 2.84. The zero-order chi connectivity index (χ0) is 13.2. The highest BCUT2D eigenvalue weighted by Gasteiger charge is 2.27. The summed E-state index contributed by atoms with van der Waals surface area (Å²) < 4.78 is 12.3. The van der Waals surface area contributed by atoms with Crippen molar-refractivity contribution < 1.29 is 14.6 Å². The van der Waals surface area contributed by atoms with Gasteiger partial charge in [-0.2, -0.15) is 0 Å². The van der Waals surface area contributed by atoms with E-state index in [-0.39, 0.29) is 0 Å². The third-order valence-electron chi connectivity index (χ3n) is 4.03. The van der Waals surface area contributed by atoms with Crippen molar-refractivity contribution in [3.8, 4) is 11.5 Å². The lowest BCUT2D eigenvalue weighted by atomic mass is 9.94. The summed E-state index contributed by atoms with van der Waals surface area (Å²) in [7, 11) is 0. The lowest BCUT2D eigenvalue weighted by Gasteiger charge is -2.21. The number of hydrogen-bond acceptors (Lipinski definition) is 3. The molecule has 0 saturated heterocycles. The molecule has 1 aliphatic carbocycles. The molecular formula is C15H19BrO3. The second kappa shape index (κ2) is 5.71. The molecule has 1 fully saturated rings. The molecule has 1 unspecified atom stereocenters. The Kier molecular flexibility index (Phi) is 3.99. The molecule has 0 radical (unpaired) electrons. The van der Waals surface area contributed by atoms with E-state index in [2.05, 4.69) is 15.9 Å². The van der Waals surface area contributed by atoms with Gasteiger partial charge in [0, 0.05) is 10.9 Å². The Bertz CT molecular complexity index is 455. The van der Waals surface area contributed by atoms with Crippen LogP contribution >= 0.6 is 15.9 Å². The fourth-order valence-corrected chi connectivity index (χ4v) is 3.51.